The van der Waals surface area contributed by atoms with Crippen LogP contribution in [0.1, 0.15) is 25.3 Å². The van der Waals surface area contributed by atoms with Crippen LogP contribution < -0.4 is 5.32 Å². The molecule has 1 aromatic rings. The van der Waals surface area contributed by atoms with E-state index in [0.717, 1.165) is 36.6 Å². The predicted octanol–water partition coefficient (Wildman–Crippen LogP) is 2.76. The fourth-order valence-corrected chi connectivity index (χ4v) is 3.83. The molecule has 0 bridgehead atoms. The molecule has 5 nitrogen and oxygen atoms in total. The van der Waals surface area contributed by atoms with Crippen molar-refractivity contribution in [3.63, 3.8) is 0 Å². The molecule has 0 fully saturated rings. The molecule has 0 atom stereocenters. The van der Waals surface area contributed by atoms with E-state index in [1.807, 2.05) is 12.1 Å². The molecule has 0 unspecified atom stereocenters. The van der Waals surface area contributed by atoms with Gasteiger partial charge in [0.2, 0.25) is 0 Å². The van der Waals surface area contributed by atoms with Crippen molar-refractivity contribution in [2.45, 2.75) is 31.1 Å². The van der Waals surface area contributed by atoms with Gasteiger partial charge in [-0.2, -0.15) is 13.7 Å². The molecular weight excluding hydrogens is 294 g/mol. The van der Waals surface area contributed by atoms with E-state index in [-0.39, 0.29) is 15.8 Å². The van der Waals surface area contributed by atoms with Crippen LogP contribution in [0, 0.1) is 11.3 Å². The highest BCUT2D eigenvalue weighted by molar-refractivity contribution is 8.15. The number of fused-ring (bicyclic) bond motifs is 1. The van der Waals surface area contributed by atoms with Crippen molar-refractivity contribution < 1.29 is 8.42 Å². The number of sulfonamides is 1. The standard InChI is InChI=1S/C13H15N3O2S2/c1-2-3-4-10-5-6-11-12(9-10)20(17,18)16-13(15-11)19-8-7-14/h5-6,9H,2-4,8H2,1H3,(H,15,16). The number of nitriles is 1. The Labute approximate surface area is 123 Å². The van der Waals surface area contributed by atoms with Gasteiger partial charge in [-0.05, 0) is 30.5 Å². The second-order valence-corrected chi connectivity index (χ2v) is 6.91. The zero-order valence-electron chi connectivity index (χ0n) is 11.1. The summed E-state index contributed by atoms with van der Waals surface area (Å²) >= 11 is 1.08. The summed E-state index contributed by atoms with van der Waals surface area (Å²) in [4.78, 5) is 0.215. The van der Waals surface area contributed by atoms with Gasteiger partial charge >= 0.3 is 0 Å². The molecule has 1 N–H and O–H groups in total. The number of unbranched alkanes of at least 4 members (excludes halogenated alkanes) is 1. The zero-order chi connectivity index (χ0) is 14.6. The minimum atomic E-state index is -3.67. The summed E-state index contributed by atoms with van der Waals surface area (Å²) in [5.74, 6) is 0.158. The van der Waals surface area contributed by atoms with E-state index in [1.54, 1.807) is 12.1 Å². The number of nitrogens with zero attached hydrogens (tertiary/aromatic N) is 2. The molecule has 0 aromatic heterocycles. The number of hydrogen-bond donors (Lipinski definition) is 1. The molecule has 1 aromatic carbocycles. The second kappa shape index (κ2) is 6.29. The van der Waals surface area contributed by atoms with E-state index in [4.69, 9.17) is 5.26 Å². The molecule has 0 aliphatic carbocycles. The minimum absolute atomic E-state index is 0.158. The lowest BCUT2D eigenvalue weighted by Crippen LogP contribution is -2.19. The van der Waals surface area contributed by atoms with Gasteiger partial charge in [0.05, 0.1) is 17.5 Å². The van der Waals surface area contributed by atoms with Crippen molar-refractivity contribution in [1.29, 1.82) is 5.26 Å². The van der Waals surface area contributed by atoms with E-state index in [2.05, 4.69) is 16.6 Å². The molecule has 0 saturated heterocycles. The Morgan fingerprint density at radius 2 is 2.25 bits per heavy atom. The van der Waals surface area contributed by atoms with E-state index >= 15 is 0 Å². The van der Waals surface area contributed by atoms with Gasteiger partial charge in [0.1, 0.15) is 4.90 Å². The van der Waals surface area contributed by atoms with Crippen LogP contribution in [0.25, 0.3) is 0 Å². The molecule has 0 spiro atoms. The lowest BCUT2D eigenvalue weighted by molar-refractivity contribution is 0.597. The van der Waals surface area contributed by atoms with Crippen LogP contribution >= 0.6 is 11.8 Å². The molecule has 7 heteroatoms. The number of amidine groups is 1. The molecule has 1 aliphatic rings. The van der Waals surface area contributed by atoms with E-state index in [0.29, 0.717) is 5.69 Å². The van der Waals surface area contributed by atoms with Crippen molar-refractivity contribution in [3.05, 3.63) is 23.8 Å². The van der Waals surface area contributed by atoms with Gasteiger partial charge in [0, 0.05) is 0 Å². The van der Waals surface area contributed by atoms with Gasteiger partial charge in [-0.1, -0.05) is 31.2 Å². The third-order valence-corrected chi connectivity index (χ3v) is 5.03. The summed E-state index contributed by atoms with van der Waals surface area (Å²) in [5.41, 5.74) is 1.53. The summed E-state index contributed by atoms with van der Waals surface area (Å²) in [6.07, 6.45) is 2.95. The largest absolute Gasteiger partial charge is 0.333 e. The van der Waals surface area contributed by atoms with Crippen LogP contribution in [0.3, 0.4) is 0 Å². The molecule has 0 amide bonds. The monoisotopic (exact) mass is 309 g/mol. The first-order chi connectivity index (χ1) is 9.56. The van der Waals surface area contributed by atoms with Crippen LogP contribution in [-0.4, -0.2) is 19.3 Å². The molecule has 1 aliphatic heterocycles. The number of benzene rings is 1. The van der Waals surface area contributed by atoms with E-state index in [9.17, 15) is 8.42 Å². The van der Waals surface area contributed by atoms with Crippen molar-refractivity contribution >= 4 is 32.6 Å². The van der Waals surface area contributed by atoms with E-state index in [1.165, 1.54) is 0 Å². The van der Waals surface area contributed by atoms with Crippen LogP contribution in [0.4, 0.5) is 5.69 Å². The average molecular weight is 309 g/mol. The molecule has 20 heavy (non-hydrogen) atoms. The fourth-order valence-electron chi connectivity index (χ4n) is 1.88. The highest BCUT2D eigenvalue weighted by Crippen LogP contribution is 2.30. The first-order valence-corrected chi connectivity index (χ1v) is 8.74. The van der Waals surface area contributed by atoms with Crippen LogP contribution in [0.2, 0.25) is 0 Å². The average Bonchev–Trinajstić information content (AvgIpc) is 2.42. The molecule has 0 radical (unpaired) electrons. The number of anilines is 1. The van der Waals surface area contributed by atoms with Crippen molar-refractivity contribution in [2.75, 3.05) is 11.1 Å². The number of thioether (sulfide) groups is 1. The van der Waals surface area contributed by atoms with Crippen LogP contribution in [0.15, 0.2) is 27.5 Å². The summed E-state index contributed by atoms with van der Waals surface area (Å²) in [6.45, 7) is 2.10. The molecular formula is C13H15N3O2S2. The molecule has 2 rings (SSSR count). The fraction of sp³-hybridized carbons (Fsp3) is 0.385. The van der Waals surface area contributed by atoms with E-state index < -0.39 is 10.0 Å². The van der Waals surface area contributed by atoms with Gasteiger partial charge in [0.25, 0.3) is 10.0 Å². The first kappa shape index (κ1) is 14.9. The molecule has 1 heterocycles. The maximum atomic E-state index is 12.1. The third kappa shape index (κ3) is 3.32. The Hall–Kier alpha value is -1.52. The van der Waals surface area contributed by atoms with Gasteiger partial charge in [0.15, 0.2) is 5.17 Å². The predicted molar refractivity (Wildman–Crippen MR) is 81.4 cm³/mol. The lowest BCUT2D eigenvalue weighted by Gasteiger charge is -2.17. The molecule has 106 valence electrons. The Morgan fingerprint density at radius 1 is 1.45 bits per heavy atom. The van der Waals surface area contributed by atoms with Crippen molar-refractivity contribution in [2.24, 2.45) is 4.40 Å². The molecule has 0 saturated carbocycles. The summed E-state index contributed by atoms with van der Waals surface area (Å²) in [6, 6.07) is 7.32. The highest BCUT2D eigenvalue weighted by Gasteiger charge is 2.25. The Morgan fingerprint density at radius 3 is 2.95 bits per heavy atom. The van der Waals surface area contributed by atoms with Crippen molar-refractivity contribution in [1.82, 2.24) is 0 Å². The quantitative estimate of drug-likeness (QED) is 0.924. The van der Waals surface area contributed by atoms with Crippen LogP contribution in [0.5, 0.6) is 0 Å². The zero-order valence-corrected chi connectivity index (χ0v) is 12.7. The first-order valence-electron chi connectivity index (χ1n) is 6.31. The normalized spacial score (nSPS) is 15.7. The van der Waals surface area contributed by atoms with Crippen LogP contribution in [-0.2, 0) is 16.4 Å². The van der Waals surface area contributed by atoms with Gasteiger partial charge < -0.3 is 5.32 Å². The number of rotatable bonds is 4. The maximum Gasteiger partial charge on any atom is 0.286 e. The lowest BCUT2D eigenvalue weighted by atomic mass is 10.1. The highest BCUT2D eigenvalue weighted by atomic mass is 32.2. The SMILES string of the molecule is CCCCc1ccc2c(c1)S(=O)(=O)N=C(SCC#N)N2. The summed E-state index contributed by atoms with van der Waals surface area (Å²) in [7, 11) is -3.67. The Kier molecular flexibility index (Phi) is 4.68. The van der Waals surface area contributed by atoms with Gasteiger partial charge in [-0.25, -0.2) is 0 Å². The number of hydrogen-bond acceptors (Lipinski definition) is 5. The number of aryl methyl sites for hydroxylation is 1. The summed E-state index contributed by atoms with van der Waals surface area (Å²) < 4.78 is 28.0. The van der Waals surface area contributed by atoms with Gasteiger partial charge in [-0.3, -0.25) is 0 Å². The van der Waals surface area contributed by atoms with Gasteiger partial charge in [-0.15, -0.1) is 4.40 Å². The Bertz CT molecular complexity index is 675. The maximum absolute atomic E-state index is 12.1. The summed E-state index contributed by atoms with van der Waals surface area (Å²) in [5, 5.41) is 11.7. The smallest absolute Gasteiger partial charge is 0.286 e. The topological polar surface area (TPSA) is 82.3 Å². The second-order valence-electron chi connectivity index (χ2n) is 4.38. The third-order valence-electron chi connectivity index (χ3n) is 2.86. The number of nitrogens with one attached hydrogen (secondary N) is 1. The van der Waals surface area contributed by atoms with Crippen molar-refractivity contribution in [3.8, 4) is 6.07 Å². The Balaban J connectivity index is 2.31. The minimum Gasteiger partial charge on any atom is -0.333 e.